The molecule has 1 saturated carbocycles. The molecule has 0 amide bonds. The van der Waals surface area contributed by atoms with Crippen molar-refractivity contribution in [2.24, 2.45) is 7.05 Å². The number of alkyl halides is 3. The molecule has 4 rings (SSSR count). The lowest BCUT2D eigenvalue weighted by Gasteiger charge is -2.29. The molecule has 0 saturated heterocycles. The molecule has 2 N–H and O–H groups in total. The summed E-state index contributed by atoms with van der Waals surface area (Å²) in [5.74, 6) is -1.07. The Hall–Kier alpha value is -2.88. The van der Waals surface area contributed by atoms with E-state index >= 15 is 0 Å². The molecule has 0 aliphatic heterocycles. The Kier molecular flexibility index (Phi) is 5.05. The topological polar surface area (TPSA) is 85.0 Å². The Labute approximate surface area is 170 Å². The summed E-state index contributed by atoms with van der Waals surface area (Å²) in [4.78, 5) is 21.0. The first kappa shape index (κ1) is 20.4. The first-order valence-electron chi connectivity index (χ1n) is 9.71. The molecular formula is C20H22F3N5O2. The zero-order valence-corrected chi connectivity index (χ0v) is 16.4. The van der Waals surface area contributed by atoms with E-state index in [0.29, 0.717) is 18.4 Å². The van der Waals surface area contributed by atoms with Gasteiger partial charge >= 0.3 is 6.18 Å². The maximum atomic E-state index is 13.7. The third-order valence-electron chi connectivity index (χ3n) is 5.66. The van der Waals surface area contributed by atoms with Crippen LogP contribution in [0.1, 0.15) is 37.1 Å². The van der Waals surface area contributed by atoms with Gasteiger partial charge in [0.2, 0.25) is 11.8 Å². The Balaban J connectivity index is 1.87. The average Bonchev–Trinajstić information content (AvgIpc) is 3.32. The minimum atomic E-state index is -4.74. The largest absolute Gasteiger partial charge is 0.449 e. The van der Waals surface area contributed by atoms with Crippen molar-refractivity contribution in [3.05, 3.63) is 52.1 Å². The van der Waals surface area contributed by atoms with Crippen LogP contribution in [0.3, 0.4) is 0 Å². The normalized spacial score (nSPS) is 16.3. The molecule has 1 aliphatic rings. The van der Waals surface area contributed by atoms with Crippen molar-refractivity contribution in [2.75, 3.05) is 11.9 Å². The van der Waals surface area contributed by atoms with Crippen LogP contribution >= 0.6 is 0 Å². The van der Waals surface area contributed by atoms with Crippen molar-refractivity contribution in [1.82, 2.24) is 19.1 Å². The van der Waals surface area contributed by atoms with E-state index in [4.69, 9.17) is 0 Å². The molecule has 3 aromatic rings. The molecule has 160 valence electrons. The summed E-state index contributed by atoms with van der Waals surface area (Å²) in [6, 6.07) is 8.57. The van der Waals surface area contributed by atoms with Crippen LogP contribution in [-0.2, 0) is 19.8 Å². The van der Waals surface area contributed by atoms with Gasteiger partial charge < -0.3 is 15.0 Å². The maximum Gasteiger partial charge on any atom is 0.449 e. The number of hydrogen-bond acceptors (Lipinski definition) is 5. The molecule has 0 atom stereocenters. The Morgan fingerprint density at radius 2 is 1.83 bits per heavy atom. The molecule has 0 unspecified atom stereocenters. The zero-order chi connectivity index (χ0) is 21.5. The predicted octanol–water partition coefficient (Wildman–Crippen LogP) is 2.91. The van der Waals surface area contributed by atoms with Gasteiger partial charge in [0.05, 0.1) is 12.1 Å². The van der Waals surface area contributed by atoms with Crippen molar-refractivity contribution in [3.8, 4) is 0 Å². The second-order valence-corrected chi connectivity index (χ2v) is 7.75. The third-order valence-corrected chi connectivity index (χ3v) is 5.66. The Bertz CT molecular complexity index is 1120. The van der Waals surface area contributed by atoms with Gasteiger partial charge in [0.1, 0.15) is 0 Å². The fourth-order valence-corrected chi connectivity index (χ4v) is 4.02. The van der Waals surface area contributed by atoms with Gasteiger partial charge in [0, 0.05) is 13.6 Å². The van der Waals surface area contributed by atoms with Gasteiger partial charge in [-0.05, 0) is 18.4 Å². The van der Waals surface area contributed by atoms with Crippen LogP contribution in [-0.4, -0.2) is 36.4 Å². The number of halogens is 3. The van der Waals surface area contributed by atoms with Gasteiger partial charge in [0.25, 0.3) is 5.56 Å². The molecule has 0 radical (unpaired) electrons. The average molecular weight is 421 g/mol. The lowest BCUT2D eigenvalue weighted by molar-refractivity contribution is -0.146. The summed E-state index contributed by atoms with van der Waals surface area (Å²) >= 11 is 0. The third kappa shape index (κ3) is 3.55. The number of aromatic nitrogens is 4. The fourth-order valence-electron chi connectivity index (χ4n) is 4.02. The summed E-state index contributed by atoms with van der Waals surface area (Å²) in [6.07, 6.45) is -1.55. The maximum absolute atomic E-state index is 13.7. The molecule has 7 nitrogen and oxygen atoms in total. The summed E-state index contributed by atoms with van der Waals surface area (Å²) in [5.41, 5.74) is -1.13. The minimum Gasteiger partial charge on any atom is -0.394 e. The number of aliphatic hydroxyl groups is 1. The summed E-state index contributed by atoms with van der Waals surface area (Å²) in [7, 11) is 1.45. The zero-order valence-electron chi connectivity index (χ0n) is 16.4. The molecule has 1 fully saturated rings. The van der Waals surface area contributed by atoms with Crippen LogP contribution in [0.25, 0.3) is 11.2 Å². The van der Waals surface area contributed by atoms with Crippen LogP contribution in [0, 0.1) is 0 Å². The molecule has 1 aliphatic carbocycles. The minimum absolute atomic E-state index is 0.0986. The first-order valence-corrected chi connectivity index (χ1v) is 9.71. The number of imidazole rings is 1. The first-order chi connectivity index (χ1) is 14.2. The number of nitrogens with one attached hydrogen (secondary N) is 1. The Morgan fingerprint density at radius 1 is 1.17 bits per heavy atom. The number of rotatable bonds is 5. The van der Waals surface area contributed by atoms with Crippen molar-refractivity contribution < 1.29 is 18.3 Å². The molecule has 2 aromatic heterocycles. The summed E-state index contributed by atoms with van der Waals surface area (Å²) in [6.45, 7) is -0.312. The smallest absolute Gasteiger partial charge is 0.394 e. The van der Waals surface area contributed by atoms with E-state index in [1.54, 1.807) is 30.3 Å². The van der Waals surface area contributed by atoms with Gasteiger partial charge in [-0.15, -0.1) is 0 Å². The highest BCUT2D eigenvalue weighted by Gasteiger charge is 2.39. The van der Waals surface area contributed by atoms with Crippen LogP contribution in [0.4, 0.5) is 19.1 Å². The van der Waals surface area contributed by atoms with E-state index in [-0.39, 0.29) is 30.3 Å². The monoisotopic (exact) mass is 421 g/mol. The highest BCUT2D eigenvalue weighted by atomic mass is 19.4. The van der Waals surface area contributed by atoms with E-state index in [0.717, 1.165) is 17.4 Å². The van der Waals surface area contributed by atoms with Gasteiger partial charge in [-0.1, -0.05) is 43.2 Å². The van der Waals surface area contributed by atoms with Crippen molar-refractivity contribution >= 4 is 17.1 Å². The van der Waals surface area contributed by atoms with E-state index in [2.05, 4.69) is 15.3 Å². The summed E-state index contributed by atoms with van der Waals surface area (Å²) < 4.78 is 43.1. The van der Waals surface area contributed by atoms with Gasteiger partial charge in [-0.25, -0.2) is 4.98 Å². The standard InChI is InChI=1S/C20H22F3N5O2/c1-27-16(30)14-15(25-18(27)26-19(12-29)9-5-6-10-19)24-17(20(21,22)23)28(14)11-13-7-3-2-4-8-13/h2-4,7-8,29H,5-6,9-12H2,1H3,(H,25,26). The van der Waals surface area contributed by atoms with E-state index in [1.807, 2.05) is 0 Å². The SMILES string of the molecule is Cn1c(NC2(CO)CCCC2)nc2nc(C(F)(F)F)n(Cc3ccccc3)c2c1=O. The van der Waals surface area contributed by atoms with Crippen LogP contribution < -0.4 is 10.9 Å². The second-order valence-electron chi connectivity index (χ2n) is 7.75. The summed E-state index contributed by atoms with van der Waals surface area (Å²) in [5, 5.41) is 12.9. The molecular weight excluding hydrogens is 399 g/mol. The van der Waals surface area contributed by atoms with Crippen molar-refractivity contribution in [1.29, 1.82) is 0 Å². The number of hydrogen-bond donors (Lipinski definition) is 2. The number of benzene rings is 1. The highest BCUT2D eigenvalue weighted by Crippen LogP contribution is 2.33. The molecule has 10 heteroatoms. The highest BCUT2D eigenvalue weighted by molar-refractivity contribution is 5.72. The quantitative estimate of drug-likeness (QED) is 0.662. The van der Waals surface area contributed by atoms with Crippen LogP contribution in [0.5, 0.6) is 0 Å². The van der Waals surface area contributed by atoms with E-state index < -0.39 is 23.1 Å². The Morgan fingerprint density at radius 3 is 2.43 bits per heavy atom. The van der Waals surface area contributed by atoms with Crippen LogP contribution in [0.2, 0.25) is 0 Å². The molecule has 0 spiro atoms. The van der Waals surface area contributed by atoms with Gasteiger partial charge in [-0.3, -0.25) is 9.36 Å². The number of anilines is 1. The number of aliphatic hydroxyl groups excluding tert-OH is 1. The predicted molar refractivity (Wildman–Crippen MR) is 105 cm³/mol. The second kappa shape index (κ2) is 7.42. The van der Waals surface area contributed by atoms with Crippen molar-refractivity contribution in [2.45, 2.75) is 43.9 Å². The molecule has 0 bridgehead atoms. The fraction of sp³-hybridized carbons (Fsp3) is 0.450. The van der Waals surface area contributed by atoms with Gasteiger partial charge in [-0.2, -0.15) is 18.2 Å². The lowest BCUT2D eigenvalue weighted by atomic mass is 9.99. The molecule has 30 heavy (non-hydrogen) atoms. The number of nitrogens with zero attached hydrogens (tertiary/aromatic N) is 4. The van der Waals surface area contributed by atoms with Crippen molar-refractivity contribution in [3.63, 3.8) is 0 Å². The van der Waals surface area contributed by atoms with Gasteiger partial charge in [0.15, 0.2) is 11.2 Å². The lowest BCUT2D eigenvalue weighted by Crippen LogP contribution is -2.41. The van der Waals surface area contributed by atoms with E-state index in [1.165, 1.54) is 11.6 Å². The van der Waals surface area contributed by atoms with Crippen LogP contribution in [0.15, 0.2) is 35.1 Å². The number of fused-ring (bicyclic) bond motifs is 1. The molecule has 2 heterocycles. The molecule has 1 aromatic carbocycles. The van der Waals surface area contributed by atoms with E-state index in [9.17, 15) is 23.1 Å².